The first-order valence-electron chi connectivity index (χ1n) is 9.53. The molecule has 0 saturated carbocycles. The fourth-order valence-corrected chi connectivity index (χ4v) is 3.26. The van der Waals surface area contributed by atoms with Gasteiger partial charge in [0.05, 0.1) is 5.39 Å². The van der Waals surface area contributed by atoms with E-state index in [0.717, 1.165) is 16.8 Å². The number of rotatable bonds is 4. The molecule has 1 unspecified atom stereocenters. The number of hydrogen-bond donors (Lipinski definition) is 3. The molecule has 3 N–H and O–H groups in total. The van der Waals surface area contributed by atoms with E-state index >= 15 is 0 Å². The first kappa shape index (κ1) is 21.0. The largest absolute Gasteiger partial charge is 0.334 e. The topological polar surface area (TPSA) is 135 Å². The van der Waals surface area contributed by atoms with Gasteiger partial charge in [0.15, 0.2) is 11.6 Å². The normalized spacial score (nSPS) is 16.0. The van der Waals surface area contributed by atoms with Crippen molar-refractivity contribution in [3.05, 3.63) is 63.9 Å². The van der Waals surface area contributed by atoms with Crippen molar-refractivity contribution in [3.63, 3.8) is 0 Å². The van der Waals surface area contributed by atoms with Gasteiger partial charge in [-0.25, -0.2) is 13.6 Å². The summed E-state index contributed by atoms with van der Waals surface area (Å²) in [7, 11) is 0. The van der Waals surface area contributed by atoms with Crippen LogP contribution in [0.4, 0.5) is 19.3 Å². The Morgan fingerprint density at radius 3 is 2.69 bits per heavy atom. The van der Waals surface area contributed by atoms with E-state index in [2.05, 4.69) is 26.3 Å². The Bertz CT molecular complexity index is 1310. The van der Waals surface area contributed by atoms with Crippen LogP contribution in [0.25, 0.3) is 10.9 Å². The second-order valence-corrected chi connectivity index (χ2v) is 7.09. The number of benzene rings is 2. The molecule has 1 fully saturated rings. The van der Waals surface area contributed by atoms with Crippen LogP contribution in [-0.4, -0.2) is 32.8 Å². The highest BCUT2D eigenvalue weighted by Gasteiger charge is 2.30. The summed E-state index contributed by atoms with van der Waals surface area (Å²) in [4.78, 5) is 48.3. The van der Waals surface area contributed by atoms with Gasteiger partial charge >= 0.3 is 6.03 Å². The minimum atomic E-state index is -1.09. The quantitative estimate of drug-likeness (QED) is 0.523. The van der Waals surface area contributed by atoms with Gasteiger partial charge in [-0.05, 0) is 36.2 Å². The molecule has 2 aromatic carbocycles. The summed E-state index contributed by atoms with van der Waals surface area (Å²) in [6.07, 6.45) is 0.218. The number of aromatic nitrogens is 3. The third kappa shape index (κ3) is 4.29. The summed E-state index contributed by atoms with van der Waals surface area (Å²) in [5.74, 6) is -3.16. The molecule has 1 atom stereocenters. The van der Waals surface area contributed by atoms with Crippen molar-refractivity contribution >= 4 is 34.4 Å². The maximum Gasteiger partial charge on any atom is 0.319 e. The van der Waals surface area contributed by atoms with Gasteiger partial charge in [0.1, 0.15) is 11.6 Å². The van der Waals surface area contributed by atoms with E-state index < -0.39 is 41.1 Å². The fraction of sp³-hybridized carbons (Fsp3) is 0.200. The molecule has 12 heteroatoms. The minimum absolute atomic E-state index is 0.0195. The zero-order valence-corrected chi connectivity index (χ0v) is 16.4. The van der Waals surface area contributed by atoms with Gasteiger partial charge in [-0.2, -0.15) is 4.68 Å². The number of carbonyl (C=O) groups is 3. The number of amides is 4. The van der Waals surface area contributed by atoms with E-state index in [-0.39, 0.29) is 30.5 Å². The number of fused-ring (bicyclic) bond motifs is 1. The number of hydrogen-bond acceptors (Lipinski definition) is 6. The van der Waals surface area contributed by atoms with Gasteiger partial charge in [0, 0.05) is 24.7 Å². The highest BCUT2D eigenvalue weighted by atomic mass is 19.2. The lowest BCUT2D eigenvalue weighted by Crippen LogP contribution is -2.45. The van der Waals surface area contributed by atoms with Crippen LogP contribution >= 0.6 is 0 Å². The van der Waals surface area contributed by atoms with Crippen molar-refractivity contribution in [2.45, 2.75) is 25.4 Å². The molecule has 2 heterocycles. The van der Waals surface area contributed by atoms with Gasteiger partial charge < -0.3 is 10.6 Å². The Balaban J connectivity index is 1.50. The first-order chi connectivity index (χ1) is 15.3. The van der Waals surface area contributed by atoms with Crippen molar-refractivity contribution in [3.8, 4) is 0 Å². The molecule has 32 heavy (non-hydrogen) atoms. The van der Waals surface area contributed by atoms with E-state index in [1.807, 2.05) is 0 Å². The predicted molar refractivity (Wildman–Crippen MR) is 107 cm³/mol. The van der Waals surface area contributed by atoms with Gasteiger partial charge in [0.25, 0.3) is 11.5 Å². The van der Waals surface area contributed by atoms with Crippen LogP contribution in [0.1, 0.15) is 24.4 Å². The Labute approximate surface area is 178 Å². The van der Waals surface area contributed by atoms with Crippen molar-refractivity contribution in [1.29, 1.82) is 0 Å². The lowest BCUT2D eigenvalue weighted by molar-refractivity contribution is -0.136. The summed E-state index contributed by atoms with van der Waals surface area (Å²) < 4.78 is 27.2. The fourth-order valence-electron chi connectivity index (χ4n) is 3.26. The zero-order chi connectivity index (χ0) is 22.8. The number of piperidine rings is 1. The SMILES string of the molecule is O=C1CCC(n2nnc3ccc(CNC(=O)Nc4ccc(F)c(F)c4)cc3c2=O)C(=O)N1. The first-order valence-corrected chi connectivity index (χ1v) is 9.53. The van der Waals surface area contributed by atoms with Gasteiger partial charge in [-0.1, -0.05) is 11.3 Å². The smallest absolute Gasteiger partial charge is 0.319 e. The van der Waals surface area contributed by atoms with E-state index in [0.29, 0.717) is 11.1 Å². The number of halogens is 2. The van der Waals surface area contributed by atoms with Crippen LogP contribution < -0.4 is 21.5 Å². The van der Waals surface area contributed by atoms with Crippen molar-refractivity contribution in [2.75, 3.05) is 5.32 Å². The van der Waals surface area contributed by atoms with Crippen LogP contribution in [0.2, 0.25) is 0 Å². The number of imide groups is 1. The van der Waals surface area contributed by atoms with Crippen LogP contribution in [-0.2, 0) is 16.1 Å². The Hall–Kier alpha value is -4.22. The van der Waals surface area contributed by atoms with Gasteiger partial charge in [0.2, 0.25) is 5.91 Å². The molecule has 0 spiro atoms. The second-order valence-electron chi connectivity index (χ2n) is 7.09. The highest BCUT2D eigenvalue weighted by Crippen LogP contribution is 2.17. The van der Waals surface area contributed by atoms with Gasteiger partial charge in [-0.3, -0.25) is 19.7 Å². The van der Waals surface area contributed by atoms with Gasteiger partial charge in [-0.15, -0.1) is 5.10 Å². The summed E-state index contributed by atoms with van der Waals surface area (Å²) in [5.41, 5.74) is 0.367. The average molecular weight is 442 g/mol. The lowest BCUT2D eigenvalue weighted by atomic mass is 10.1. The molecule has 4 amide bonds. The number of urea groups is 1. The molecular formula is C20H16F2N6O4. The van der Waals surface area contributed by atoms with Crippen LogP contribution in [0.15, 0.2) is 41.2 Å². The molecule has 0 aliphatic carbocycles. The Morgan fingerprint density at radius 2 is 1.94 bits per heavy atom. The zero-order valence-electron chi connectivity index (χ0n) is 16.4. The number of nitrogens with zero attached hydrogens (tertiary/aromatic N) is 3. The highest BCUT2D eigenvalue weighted by molar-refractivity contribution is 5.99. The molecule has 10 nitrogen and oxygen atoms in total. The van der Waals surface area contributed by atoms with E-state index in [1.54, 1.807) is 12.1 Å². The molecule has 1 aliphatic rings. The molecule has 1 aliphatic heterocycles. The average Bonchev–Trinajstić information content (AvgIpc) is 2.76. The summed E-state index contributed by atoms with van der Waals surface area (Å²) in [5, 5.41) is 15.0. The number of anilines is 1. The second kappa shape index (κ2) is 8.49. The molecule has 4 rings (SSSR count). The maximum atomic E-state index is 13.2. The molecule has 0 bridgehead atoms. The standard InChI is InChI=1S/C20H16F2N6O4/c21-13-3-2-11(8-14(13)22)24-20(32)23-9-10-1-4-15-12(7-10)19(31)28(27-26-15)16-5-6-17(29)25-18(16)30/h1-4,7-8,16H,5-6,9H2,(H2,23,24,32)(H,25,29,30). The van der Waals surface area contributed by atoms with Crippen molar-refractivity contribution in [1.82, 2.24) is 25.6 Å². The van der Waals surface area contributed by atoms with E-state index in [1.165, 1.54) is 12.1 Å². The molecule has 164 valence electrons. The summed E-state index contributed by atoms with van der Waals surface area (Å²) >= 11 is 0. The van der Waals surface area contributed by atoms with E-state index in [4.69, 9.17) is 0 Å². The number of carbonyl (C=O) groups excluding carboxylic acids is 3. The molecular weight excluding hydrogens is 426 g/mol. The van der Waals surface area contributed by atoms with Crippen molar-refractivity contribution < 1.29 is 23.2 Å². The maximum absolute atomic E-state index is 13.2. The third-order valence-corrected chi connectivity index (χ3v) is 4.88. The van der Waals surface area contributed by atoms with Crippen molar-refractivity contribution in [2.24, 2.45) is 0 Å². The molecule has 0 radical (unpaired) electrons. The van der Waals surface area contributed by atoms with Crippen LogP contribution in [0.3, 0.4) is 0 Å². The Kier molecular flexibility index (Phi) is 5.58. The molecule has 1 aromatic heterocycles. The number of nitrogens with one attached hydrogen (secondary N) is 3. The predicted octanol–water partition coefficient (Wildman–Crippen LogP) is 1.37. The lowest BCUT2D eigenvalue weighted by Gasteiger charge is -2.21. The molecule has 3 aromatic rings. The van der Waals surface area contributed by atoms with E-state index in [9.17, 15) is 28.0 Å². The Morgan fingerprint density at radius 1 is 1.12 bits per heavy atom. The van der Waals surface area contributed by atoms with Crippen LogP contribution in [0.5, 0.6) is 0 Å². The molecule has 1 saturated heterocycles. The van der Waals surface area contributed by atoms with Crippen LogP contribution in [0, 0.1) is 11.6 Å². The monoisotopic (exact) mass is 442 g/mol. The minimum Gasteiger partial charge on any atom is -0.334 e. The summed E-state index contributed by atoms with van der Waals surface area (Å²) in [6.45, 7) is 0.0195. The summed E-state index contributed by atoms with van der Waals surface area (Å²) in [6, 6.07) is 6.03. The third-order valence-electron chi connectivity index (χ3n) is 4.88.